The molecule has 2 aliphatic carbocycles. The Kier molecular flexibility index (Phi) is 13.0. The van der Waals surface area contributed by atoms with Crippen LogP contribution in [0.25, 0.3) is 0 Å². The molecule has 0 atom stereocenters. The largest absolute Gasteiger partial charge is 0.492 e. The van der Waals surface area contributed by atoms with E-state index in [-0.39, 0.29) is 53.0 Å². The maximum absolute atomic E-state index is 12.6. The van der Waals surface area contributed by atoms with Gasteiger partial charge in [-0.25, -0.2) is 0 Å². The maximum Gasteiger partial charge on any atom is 0.477 e. The molecule has 10 nitrogen and oxygen atoms in total. The zero-order chi connectivity index (χ0) is 29.8. The van der Waals surface area contributed by atoms with E-state index in [0.717, 1.165) is 38.5 Å². The van der Waals surface area contributed by atoms with E-state index in [1.165, 1.54) is 14.2 Å². The minimum atomic E-state index is -0.212. The van der Waals surface area contributed by atoms with Crippen molar-refractivity contribution in [3.63, 3.8) is 0 Å². The molecule has 0 fully saturated rings. The van der Waals surface area contributed by atoms with E-state index in [2.05, 4.69) is 0 Å². The van der Waals surface area contributed by atoms with Gasteiger partial charge in [-0.15, -0.1) is 0 Å². The number of unbranched alkanes of at least 4 members (excludes halogenated alkanes) is 6. The fraction of sp³-hybridized carbons (Fsp3) is 0.600. The average molecular weight is 561 g/mol. The number of carbonyl (C=O) groups excluding carboxylic acids is 4. The van der Waals surface area contributed by atoms with Gasteiger partial charge in [0.25, 0.3) is 0 Å². The van der Waals surface area contributed by atoms with E-state index in [1.54, 1.807) is 27.7 Å². The van der Waals surface area contributed by atoms with Gasteiger partial charge in [0, 0.05) is 33.4 Å². The second kappa shape index (κ2) is 15.9. The molecule has 0 radical (unpaired) electrons. The van der Waals surface area contributed by atoms with Crippen molar-refractivity contribution in [3.05, 3.63) is 49.9 Å². The number of allylic oxidation sites excluding steroid dienone is 6. The fourth-order valence-electron chi connectivity index (χ4n) is 4.92. The second-order valence-corrected chi connectivity index (χ2v) is 10.1. The molecule has 0 saturated heterocycles. The first-order chi connectivity index (χ1) is 19.1. The zero-order valence-electron chi connectivity index (χ0n) is 24.6. The molecule has 0 amide bonds. The number of ether oxygens (including phenoxy) is 2. The van der Waals surface area contributed by atoms with Crippen LogP contribution in [-0.4, -0.2) is 55.7 Å². The standard InChI is InChI=1S/C30H42NO9/c1-19-23(27(34)29(37-5)21(3)25(19)32)15-11-7-9-13-17-39-31(36)40-18-14-10-8-12-16-24-20(2)26(33)22(4)30(38-6)28(24)35/h7-18H2,1-6H3/q+1. The fourth-order valence-corrected chi connectivity index (χ4v) is 4.92. The van der Waals surface area contributed by atoms with Crippen LogP contribution in [0.15, 0.2) is 45.0 Å². The molecule has 10 heteroatoms. The van der Waals surface area contributed by atoms with Crippen molar-refractivity contribution in [1.29, 1.82) is 0 Å². The summed E-state index contributed by atoms with van der Waals surface area (Å²) < 4.78 is 10.3. The summed E-state index contributed by atoms with van der Waals surface area (Å²) in [6.45, 7) is 7.01. The summed E-state index contributed by atoms with van der Waals surface area (Å²) >= 11 is 0. The minimum absolute atomic E-state index is 0.129. The Morgan fingerprint density at radius 3 is 1.20 bits per heavy atom. The first kappa shape index (κ1) is 32.7. The van der Waals surface area contributed by atoms with E-state index in [1.807, 2.05) is 0 Å². The number of methoxy groups -OCH3 is 2. The molecule has 0 aromatic carbocycles. The molecule has 0 aromatic heterocycles. The molecule has 40 heavy (non-hydrogen) atoms. The maximum atomic E-state index is 12.6. The Morgan fingerprint density at radius 2 is 0.850 bits per heavy atom. The Hall–Kier alpha value is -3.56. The number of Topliss-reactive ketones (excluding diaryl/α,β-unsaturated/α-hetero) is 4. The molecule has 0 aliphatic heterocycles. The van der Waals surface area contributed by atoms with Crippen molar-refractivity contribution < 1.29 is 43.4 Å². The molecule has 220 valence electrons. The van der Waals surface area contributed by atoms with Gasteiger partial charge in [-0.1, -0.05) is 12.8 Å². The van der Waals surface area contributed by atoms with Gasteiger partial charge in [0.2, 0.25) is 11.6 Å². The SMILES string of the molecule is COC1=C(C)C(=O)C(C)=C(CCCCCCO[N+](=O)OCCCCCCC2=C(C)C(=O)C(C)=C(OC)C2=O)C1=O. The van der Waals surface area contributed by atoms with E-state index in [4.69, 9.17) is 19.1 Å². The lowest BCUT2D eigenvalue weighted by molar-refractivity contribution is -0.981. The van der Waals surface area contributed by atoms with Crippen LogP contribution >= 0.6 is 0 Å². The topological polar surface area (TPSA) is 125 Å². The molecule has 0 aromatic rings. The highest BCUT2D eigenvalue weighted by molar-refractivity contribution is 6.24. The number of rotatable bonds is 18. The summed E-state index contributed by atoms with van der Waals surface area (Å²) in [5.74, 6) is -0.461. The Labute approximate surface area is 235 Å². The Morgan fingerprint density at radius 1 is 0.500 bits per heavy atom. The molecule has 0 unspecified atom stereocenters. The smallest absolute Gasteiger partial charge is 0.477 e. The number of hydrogen-bond acceptors (Lipinski definition) is 9. The minimum Gasteiger partial charge on any atom is -0.492 e. The number of ketones is 4. The van der Waals surface area contributed by atoms with Crippen LogP contribution in [0.2, 0.25) is 0 Å². The summed E-state index contributed by atoms with van der Waals surface area (Å²) in [5, 5.41) is 0.142. The van der Waals surface area contributed by atoms with Crippen LogP contribution < -0.4 is 0 Å². The van der Waals surface area contributed by atoms with Crippen molar-refractivity contribution >= 4 is 23.1 Å². The van der Waals surface area contributed by atoms with Crippen molar-refractivity contribution in [2.75, 3.05) is 27.4 Å². The zero-order valence-corrected chi connectivity index (χ0v) is 24.6. The van der Waals surface area contributed by atoms with Crippen LogP contribution in [0.3, 0.4) is 0 Å². The quantitative estimate of drug-likeness (QED) is 0.125. The molecule has 0 N–H and O–H groups in total. The summed E-state index contributed by atoms with van der Waals surface area (Å²) in [4.78, 5) is 71.5. The average Bonchev–Trinajstić information content (AvgIpc) is 2.93. The van der Waals surface area contributed by atoms with Crippen molar-refractivity contribution in [1.82, 2.24) is 0 Å². The summed E-state index contributed by atoms with van der Waals surface area (Å²) in [6.07, 6.45) is 7.07. The lowest BCUT2D eigenvalue weighted by atomic mass is 9.87. The van der Waals surface area contributed by atoms with Gasteiger partial charge in [0.1, 0.15) is 4.91 Å². The van der Waals surface area contributed by atoms with Crippen LogP contribution in [0.4, 0.5) is 0 Å². The normalized spacial score (nSPS) is 16.4. The van der Waals surface area contributed by atoms with Gasteiger partial charge >= 0.3 is 5.09 Å². The molecule has 0 spiro atoms. The van der Waals surface area contributed by atoms with Gasteiger partial charge in [0.15, 0.2) is 36.3 Å². The van der Waals surface area contributed by atoms with Crippen molar-refractivity contribution in [2.45, 2.75) is 91.9 Å². The lowest BCUT2D eigenvalue weighted by Gasteiger charge is -2.19. The molecule has 2 rings (SSSR count). The van der Waals surface area contributed by atoms with E-state index in [9.17, 15) is 24.1 Å². The summed E-state index contributed by atoms with van der Waals surface area (Å²) in [6, 6.07) is 0. The van der Waals surface area contributed by atoms with Crippen LogP contribution in [0, 0.1) is 4.91 Å². The second-order valence-electron chi connectivity index (χ2n) is 10.1. The Balaban J connectivity index is 1.53. The monoisotopic (exact) mass is 560 g/mol. The molecule has 0 bridgehead atoms. The van der Waals surface area contributed by atoms with E-state index < -0.39 is 0 Å². The lowest BCUT2D eigenvalue weighted by Crippen LogP contribution is -2.23. The number of hydrogen-bond donors (Lipinski definition) is 0. The van der Waals surface area contributed by atoms with Crippen molar-refractivity contribution in [2.24, 2.45) is 0 Å². The molecular formula is C30H42NO9+. The molecule has 2 aliphatic rings. The third-order valence-corrected chi connectivity index (χ3v) is 7.35. The molecule has 0 heterocycles. The van der Waals surface area contributed by atoms with Crippen LogP contribution in [0.1, 0.15) is 91.9 Å². The van der Waals surface area contributed by atoms with Gasteiger partial charge < -0.3 is 9.47 Å². The Bertz CT molecular complexity index is 1070. The predicted octanol–water partition coefficient (Wildman–Crippen LogP) is 5.31. The third-order valence-electron chi connectivity index (χ3n) is 7.35. The first-order valence-electron chi connectivity index (χ1n) is 13.9. The number of nitrogens with zero attached hydrogens (tertiary/aromatic N) is 1. The first-order valence-corrected chi connectivity index (χ1v) is 13.9. The highest BCUT2D eigenvalue weighted by Gasteiger charge is 2.31. The summed E-state index contributed by atoms with van der Waals surface area (Å²) in [7, 11) is 2.80. The third kappa shape index (κ3) is 8.22. The number of carbonyl (C=O) groups is 4. The predicted molar refractivity (Wildman–Crippen MR) is 147 cm³/mol. The van der Waals surface area contributed by atoms with Gasteiger partial charge in [0.05, 0.1) is 14.2 Å². The molecular weight excluding hydrogens is 518 g/mol. The highest BCUT2D eigenvalue weighted by atomic mass is 17.0. The van der Waals surface area contributed by atoms with Gasteiger partial charge in [-0.3, -0.25) is 19.2 Å². The van der Waals surface area contributed by atoms with Crippen LogP contribution in [0.5, 0.6) is 0 Å². The highest BCUT2D eigenvalue weighted by Crippen LogP contribution is 2.29. The molecule has 0 saturated carbocycles. The van der Waals surface area contributed by atoms with Gasteiger partial charge in [-0.2, -0.15) is 9.68 Å². The van der Waals surface area contributed by atoms with Gasteiger partial charge in [-0.05, 0) is 79.1 Å². The summed E-state index contributed by atoms with van der Waals surface area (Å²) in [5.41, 5.74) is 2.71. The van der Waals surface area contributed by atoms with E-state index in [0.29, 0.717) is 59.1 Å². The van der Waals surface area contributed by atoms with Crippen molar-refractivity contribution in [3.8, 4) is 0 Å². The van der Waals surface area contributed by atoms with E-state index >= 15 is 0 Å². The van der Waals surface area contributed by atoms with Crippen LogP contribution in [-0.2, 0) is 38.3 Å².